The first-order valence-corrected chi connectivity index (χ1v) is 17.2. The summed E-state index contributed by atoms with van der Waals surface area (Å²) in [4.78, 5) is 52.6. The van der Waals surface area contributed by atoms with Crippen molar-refractivity contribution in [3.05, 3.63) is 88.9 Å². The molecule has 2 N–H and O–H groups in total. The normalized spacial score (nSPS) is 19.9. The van der Waals surface area contributed by atoms with Gasteiger partial charge < -0.3 is 15.5 Å². The largest absolute Gasteiger partial charge is 0.362 e. The van der Waals surface area contributed by atoms with Crippen molar-refractivity contribution in [3.8, 4) is 0 Å². The van der Waals surface area contributed by atoms with E-state index in [1.807, 2.05) is 61.5 Å². The van der Waals surface area contributed by atoms with Crippen LogP contribution in [0.5, 0.6) is 0 Å². The average molecular weight is 711 g/mol. The first kappa shape index (κ1) is 33.3. The maximum Gasteiger partial charge on any atom is 0.257 e. The van der Waals surface area contributed by atoms with Gasteiger partial charge in [-0.3, -0.25) is 14.4 Å². The first-order valence-electron chi connectivity index (χ1n) is 16.4. The highest BCUT2D eigenvalue weighted by atomic mass is 79.9. The summed E-state index contributed by atoms with van der Waals surface area (Å²) in [6, 6.07) is 24.4. The fourth-order valence-electron chi connectivity index (χ4n) is 6.65. The number of aromatic nitrogens is 2. The zero-order chi connectivity index (χ0) is 33.8. The third-order valence-electron chi connectivity index (χ3n) is 9.25. The zero-order valence-electron chi connectivity index (χ0n) is 27.4. The maximum absolute atomic E-state index is 13.9. The van der Waals surface area contributed by atoms with Gasteiger partial charge in [-0.15, -0.1) is 0 Å². The van der Waals surface area contributed by atoms with Gasteiger partial charge in [0.15, 0.2) is 5.78 Å². The highest BCUT2D eigenvalue weighted by Gasteiger charge is 2.44. The van der Waals surface area contributed by atoms with Crippen LogP contribution < -0.4 is 20.5 Å². The van der Waals surface area contributed by atoms with Crippen LogP contribution in [0, 0.1) is 17.8 Å². The number of rotatable bonds is 11. The number of carbonyl (C=O) groups is 3. The highest BCUT2D eigenvalue weighted by molar-refractivity contribution is 9.10. The van der Waals surface area contributed by atoms with Crippen LogP contribution in [0.25, 0.3) is 10.9 Å². The van der Waals surface area contributed by atoms with Crippen LogP contribution in [0.15, 0.2) is 88.4 Å². The predicted molar refractivity (Wildman–Crippen MR) is 193 cm³/mol. The highest BCUT2D eigenvalue weighted by Crippen LogP contribution is 2.32. The molecule has 2 amide bonds. The van der Waals surface area contributed by atoms with Gasteiger partial charge in [-0.1, -0.05) is 58.4 Å². The lowest BCUT2D eigenvalue weighted by Gasteiger charge is -2.30. The van der Waals surface area contributed by atoms with E-state index in [1.54, 1.807) is 43.3 Å². The van der Waals surface area contributed by atoms with Gasteiger partial charge in [-0.2, -0.15) is 10.1 Å². The van der Waals surface area contributed by atoms with Crippen LogP contribution in [-0.4, -0.2) is 60.0 Å². The molecule has 3 aromatic carbocycles. The van der Waals surface area contributed by atoms with Gasteiger partial charge in [0.1, 0.15) is 5.82 Å². The lowest BCUT2D eigenvalue weighted by molar-refractivity contribution is -0.131. The summed E-state index contributed by atoms with van der Waals surface area (Å²) in [5, 5.41) is 13.5. The smallest absolute Gasteiger partial charge is 0.257 e. The van der Waals surface area contributed by atoms with E-state index in [0.717, 1.165) is 46.9 Å². The number of Topliss-reactive ketones (excluding diaryl/α,β-unsaturated/α-hetero) is 1. The third kappa shape index (κ3) is 7.41. The van der Waals surface area contributed by atoms with Gasteiger partial charge in [0.25, 0.3) is 5.91 Å². The van der Waals surface area contributed by atoms with E-state index in [2.05, 4.69) is 31.7 Å². The summed E-state index contributed by atoms with van der Waals surface area (Å²) < 4.78 is 0.855. The van der Waals surface area contributed by atoms with Crippen molar-refractivity contribution in [1.29, 1.82) is 0 Å². The molecule has 2 unspecified atom stereocenters. The van der Waals surface area contributed by atoms with E-state index in [4.69, 9.17) is 9.97 Å². The molecule has 2 atom stereocenters. The molecule has 0 radical (unpaired) electrons. The lowest BCUT2D eigenvalue weighted by atomic mass is 9.82. The van der Waals surface area contributed by atoms with Gasteiger partial charge >= 0.3 is 0 Å². The zero-order valence-corrected chi connectivity index (χ0v) is 29.0. The molecule has 11 heteroatoms. The molecule has 2 heterocycles. The van der Waals surface area contributed by atoms with Crippen molar-refractivity contribution in [2.45, 2.75) is 45.1 Å². The number of benzene rings is 3. The molecule has 0 spiro atoms. The molecular formula is C37H40BrN7O3. The number of nitrogens with one attached hydrogen (secondary N) is 2. The summed E-state index contributed by atoms with van der Waals surface area (Å²) >= 11 is 3.41. The fourth-order valence-corrected chi connectivity index (χ4v) is 6.91. The molecule has 1 aliphatic heterocycles. The minimum atomic E-state index is -0.889. The molecule has 0 bridgehead atoms. The topological polar surface area (TPSA) is 120 Å². The minimum absolute atomic E-state index is 0.100. The van der Waals surface area contributed by atoms with E-state index in [-0.39, 0.29) is 36.0 Å². The Hall–Kier alpha value is -4.64. The Morgan fingerprint density at radius 2 is 1.62 bits per heavy atom. The number of fused-ring (bicyclic) bond motifs is 1. The Morgan fingerprint density at radius 3 is 2.33 bits per heavy atom. The van der Waals surface area contributed by atoms with Gasteiger partial charge in [0.05, 0.1) is 23.0 Å². The minimum Gasteiger partial charge on any atom is -0.362 e. The Bertz CT molecular complexity index is 1820. The molecule has 10 nitrogen and oxygen atoms in total. The van der Waals surface area contributed by atoms with E-state index < -0.39 is 11.8 Å². The molecular weight excluding hydrogens is 670 g/mol. The maximum atomic E-state index is 13.9. The van der Waals surface area contributed by atoms with Gasteiger partial charge in [-0.25, -0.2) is 9.99 Å². The number of para-hydroxylation sites is 2. The number of hydrogen-bond acceptors (Lipinski definition) is 8. The number of carbonyl (C=O) groups excluding carboxylic acids is 3. The van der Waals surface area contributed by atoms with E-state index in [0.29, 0.717) is 29.5 Å². The Labute approximate surface area is 289 Å². The molecule has 1 aromatic heterocycles. The lowest BCUT2D eigenvalue weighted by Crippen LogP contribution is -2.44. The molecule has 2 aliphatic rings. The number of halogens is 1. The van der Waals surface area contributed by atoms with Crippen molar-refractivity contribution in [1.82, 2.24) is 15.3 Å². The molecule has 248 valence electrons. The van der Waals surface area contributed by atoms with Crippen LogP contribution in [-0.2, 0) is 9.59 Å². The van der Waals surface area contributed by atoms with E-state index >= 15 is 0 Å². The SMILES string of the molecule is CC1=NN(c2ccccc2)C(=O)C1C(CC(=O)c1ccc(Br)cc1)C(=O)NC[C@H]1CC[C@@H](Nc2nc(N(C)C)c3ccccc3n2)CC1. The van der Waals surface area contributed by atoms with Crippen molar-refractivity contribution >= 4 is 67.6 Å². The number of nitrogens with zero attached hydrogens (tertiary/aromatic N) is 5. The molecule has 1 saturated carbocycles. The quantitative estimate of drug-likeness (QED) is 0.171. The predicted octanol–water partition coefficient (Wildman–Crippen LogP) is 6.47. The molecule has 1 aliphatic carbocycles. The second kappa shape index (κ2) is 14.6. The Morgan fingerprint density at radius 1 is 0.938 bits per heavy atom. The molecule has 0 saturated heterocycles. The van der Waals surface area contributed by atoms with E-state index in [9.17, 15) is 14.4 Å². The molecule has 4 aromatic rings. The monoisotopic (exact) mass is 709 g/mol. The van der Waals surface area contributed by atoms with Gasteiger partial charge in [0, 0.05) is 54.2 Å². The van der Waals surface area contributed by atoms with Crippen molar-refractivity contribution < 1.29 is 14.4 Å². The Kier molecular flexibility index (Phi) is 10.1. The van der Waals surface area contributed by atoms with Gasteiger partial charge in [-0.05, 0) is 74.9 Å². The first-order chi connectivity index (χ1) is 23.2. The van der Waals surface area contributed by atoms with Crippen molar-refractivity contribution in [3.63, 3.8) is 0 Å². The van der Waals surface area contributed by atoms with Crippen LogP contribution in [0.2, 0.25) is 0 Å². The standard InChI is InChI=1S/C37H40BrN7O3/c1-23-33(36(48)45(43-23)28-9-5-4-6-10-28)30(21-32(46)25-15-17-26(38)18-16-25)35(47)39-22-24-13-19-27(20-14-24)40-37-41-31-12-8-7-11-29(31)34(42-37)44(2)3/h4-12,15-18,24,27,30,33H,13-14,19-22H2,1-3H3,(H,39,47)(H,40,41,42)/t24-,27+,30?,33?. The second-order valence-corrected chi connectivity index (χ2v) is 13.8. The summed E-state index contributed by atoms with van der Waals surface area (Å²) in [6.45, 7) is 2.23. The third-order valence-corrected chi connectivity index (χ3v) is 9.77. The van der Waals surface area contributed by atoms with Crippen LogP contribution in [0.3, 0.4) is 0 Å². The second-order valence-electron chi connectivity index (χ2n) is 12.8. The Balaban J connectivity index is 1.10. The number of hydrogen-bond donors (Lipinski definition) is 2. The molecule has 48 heavy (non-hydrogen) atoms. The van der Waals surface area contributed by atoms with E-state index in [1.165, 1.54) is 5.01 Å². The van der Waals surface area contributed by atoms with Crippen LogP contribution in [0.4, 0.5) is 17.5 Å². The summed E-state index contributed by atoms with van der Waals surface area (Å²) in [7, 11) is 3.96. The fraction of sp³-hybridized carbons (Fsp3) is 0.351. The number of amides is 2. The number of anilines is 3. The van der Waals surface area contributed by atoms with Crippen LogP contribution in [0.1, 0.15) is 49.4 Å². The van der Waals surface area contributed by atoms with Crippen molar-refractivity contribution in [2.75, 3.05) is 35.9 Å². The number of ketones is 1. The van der Waals surface area contributed by atoms with Crippen molar-refractivity contribution in [2.24, 2.45) is 22.9 Å². The number of hydrazone groups is 1. The average Bonchev–Trinajstić information content (AvgIpc) is 3.39. The molecule has 1 fully saturated rings. The molecule has 6 rings (SSSR count). The van der Waals surface area contributed by atoms with Crippen LogP contribution >= 0.6 is 15.9 Å². The van der Waals surface area contributed by atoms with Gasteiger partial charge in [0.2, 0.25) is 11.9 Å². The summed E-state index contributed by atoms with van der Waals surface area (Å²) in [6.07, 6.45) is 3.56. The summed E-state index contributed by atoms with van der Waals surface area (Å²) in [5.41, 5.74) is 2.54. The summed E-state index contributed by atoms with van der Waals surface area (Å²) in [5.74, 6) is -0.748.